The minimum Gasteiger partial charge on any atom is -0.367 e. The van der Waals surface area contributed by atoms with Crippen LogP contribution in [0.15, 0.2) is 35.9 Å². The van der Waals surface area contributed by atoms with Crippen LogP contribution in [0.5, 0.6) is 0 Å². The zero-order valence-corrected chi connectivity index (χ0v) is 8.90. The Balaban J connectivity index is 2.12. The summed E-state index contributed by atoms with van der Waals surface area (Å²) in [6, 6.07) is 10.7. The highest BCUT2D eigenvalue weighted by Gasteiger charge is 2.11. The van der Waals surface area contributed by atoms with Crippen molar-refractivity contribution in [1.82, 2.24) is 0 Å². The van der Waals surface area contributed by atoms with E-state index < -0.39 is 0 Å². The van der Waals surface area contributed by atoms with Crippen LogP contribution in [0.3, 0.4) is 0 Å². The molecule has 0 atom stereocenters. The molecule has 0 aliphatic carbocycles. The molecule has 0 radical (unpaired) electrons. The molecule has 0 N–H and O–H groups in total. The van der Waals surface area contributed by atoms with Crippen LogP contribution in [0.2, 0.25) is 0 Å². The van der Waals surface area contributed by atoms with Crippen molar-refractivity contribution in [3.63, 3.8) is 0 Å². The van der Waals surface area contributed by atoms with Crippen molar-refractivity contribution in [2.24, 2.45) is 0 Å². The van der Waals surface area contributed by atoms with E-state index in [1.54, 1.807) is 0 Å². The van der Waals surface area contributed by atoms with Crippen molar-refractivity contribution in [3.8, 4) is 6.07 Å². The average Bonchev–Trinajstić information content (AvgIpc) is 2.30. The van der Waals surface area contributed by atoms with Gasteiger partial charge in [0.25, 0.3) is 0 Å². The molecule has 0 fully saturated rings. The quantitative estimate of drug-likeness (QED) is 0.693. The van der Waals surface area contributed by atoms with Crippen molar-refractivity contribution in [2.75, 3.05) is 18.0 Å². The Kier molecular flexibility index (Phi) is 2.73. The number of benzene rings is 1. The van der Waals surface area contributed by atoms with E-state index in [4.69, 9.17) is 5.26 Å². The van der Waals surface area contributed by atoms with E-state index in [-0.39, 0.29) is 0 Å². The molecule has 0 saturated heterocycles. The second kappa shape index (κ2) is 4.18. The molecule has 0 bridgehead atoms. The number of aryl methyl sites for hydroxylation is 1. The van der Waals surface area contributed by atoms with E-state index in [2.05, 4.69) is 42.2 Å². The Bertz CT molecular complexity index is 409. The molecule has 1 aliphatic rings. The fraction of sp³-hybridized carbons (Fsp3) is 0.308. The van der Waals surface area contributed by atoms with E-state index in [1.807, 2.05) is 6.08 Å². The zero-order chi connectivity index (χ0) is 10.7. The summed E-state index contributed by atoms with van der Waals surface area (Å²) in [6.45, 7) is 3.89. The lowest BCUT2D eigenvalue weighted by atomic mass is 10.1. The first kappa shape index (κ1) is 9.79. The summed E-state index contributed by atoms with van der Waals surface area (Å²) >= 11 is 0. The largest absolute Gasteiger partial charge is 0.367 e. The standard InChI is InChI=1S/C13H14N2/c1-11-2-4-13(5-3-11)15-8-6-12(10-14)7-9-15/h2-6H,7-9H2,1H3. The fourth-order valence-corrected chi connectivity index (χ4v) is 1.76. The molecule has 1 aliphatic heterocycles. The van der Waals surface area contributed by atoms with Gasteiger partial charge in [-0.2, -0.15) is 5.26 Å². The maximum Gasteiger partial charge on any atom is 0.0945 e. The molecule has 2 rings (SSSR count). The Hall–Kier alpha value is -1.75. The summed E-state index contributed by atoms with van der Waals surface area (Å²) in [5, 5.41) is 8.75. The van der Waals surface area contributed by atoms with Gasteiger partial charge < -0.3 is 4.90 Å². The highest BCUT2D eigenvalue weighted by Crippen LogP contribution is 2.19. The fourth-order valence-electron chi connectivity index (χ4n) is 1.76. The highest BCUT2D eigenvalue weighted by atomic mass is 15.1. The molecular weight excluding hydrogens is 184 g/mol. The van der Waals surface area contributed by atoms with Crippen molar-refractivity contribution in [2.45, 2.75) is 13.3 Å². The topological polar surface area (TPSA) is 27.0 Å². The molecule has 0 aromatic heterocycles. The molecule has 0 spiro atoms. The molecule has 0 unspecified atom stereocenters. The Labute approximate surface area is 90.4 Å². The van der Waals surface area contributed by atoms with Crippen LogP contribution < -0.4 is 4.90 Å². The van der Waals surface area contributed by atoms with Crippen LogP contribution in [-0.2, 0) is 0 Å². The third kappa shape index (κ3) is 2.19. The lowest BCUT2D eigenvalue weighted by Gasteiger charge is -2.26. The number of rotatable bonds is 1. The first-order valence-electron chi connectivity index (χ1n) is 5.20. The van der Waals surface area contributed by atoms with Crippen LogP contribution in [0.1, 0.15) is 12.0 Å². The first-order valence-corrected chi connectivity index (χ1v) is 5.20. The number of hydrogen-bond acceptors (Lipinski definition) is 2. The maximum absolute atomic E-state index is 8.75. The zero-order valence-electron chi connectivity index (χ0n) is 8.90. The molecule has 0 amide bonds. The van der Waals surface area contributed by atoms with Gasteiger partial charge in [-0.1, -0.05) is 23.8 Å². The molecule has 76 valence electrons. The van der Waals surface area contributed by atoms with Crippen molar-refractivity contribution >= 4 is 5.69 Å². The van der Waals surface area contributed by atoms with E-state index in [1.165, 1.54) is 11.3 Å². The van der Waals surface area contributed by atoms with Gasteiger partial charge in [-0.3, -0.25) is 0 Å². The van der Waals surface area contributed by atoms with Gasteiger partial charge in [0.15, 0.2) is 0 Å². The second-order valence-electron chi connectivity index (χ2n) is 3.87. The maximum atomic E-state index is 8.75. The van der Waals surface area contributed by atoms with Crippen LogP contribution in [0, 0.1) is 18.3 Å². The number of anilines is 1. The van der Waals surface area contributed by atoms with Gasteiger partial charge in [0, 0.05) is 24.4 Å². The predicted octanol–water partition coefficient (Wildman–Crippen LogP) is 2.66. The Morgan fingerprint density at radius 1 is 1.27 bits per heavy atom. The summed E-state index contributed by atoms with van der Waals surface area (Å²) in [7, 11) is 0. The first-order chi connectivity index (χ1) is 7.29. The summed E-state index contributed by atoms with van der Waals surface area (Å²) in [4.78, 5) is 2.29. The molecule has 1 aromatic carbocycles. The molecule has 2 heteroatoms. The molecule has 0 saturated carbocycles. The summed E-state index contributed by atoms with van der Waals surface area (Å²) in [5.74, 6) is 0. The van der Waals surface area contributed by atoms with E-state index in [0.29, 0.717) is 0 Å². The normalized spacial score (nSPS) is 15.7. The monoisotopic (exact) mass is 198 g/mol. The Morgan fingerprint density at radius 2 is 2.00 bits per heavy atom. The van der Waals surface area contributed by atoms with Gasteiger partial charge in [-0.25, -0.2) is 0 Å². The lowest BCUT2D eigenvalue weighted by Crippen LogP contribution is -2.28. The summed E-state index contributed by atoms with van der Waals surface area (Å²) in [5.41, 5.74) is 3.44. The van der Waals surface area contributed by atoms with Crippen LogP contribution in [-0.4, -0.2) is 13.1 Å². The summed E-state index contributed by atoms with van der Waals surface area (Å²) in [6.07, 6.45) is 2.88. The predicted molar refractivity (Wildman–Crippen MR) is 61.7 cm³/mol. The van der Waals surface area contributed by atoms with Gasteiger partial charge in [0.05, 0.1) is 6.07 Å². The van der Waals surface area contributed by atoms with Gasteiger partial charge in [-0.15, -0.1) is 0 Å². The van der Waals surface area contributed by atoms with Gasteiger partial charge in [-0.05, 0) is 25.5 Å². The van der Waals surface area contributed by atoms with E-state index in [0.717, 1.165) is 25.1 Å². The number of nitriles is 1. The lowest BCUT2D eigenvalue weighted by molar-refractivity contribution is 0.802. The minimum absolute atomic E-state index is 0.853. The van der Waals surface area contributed by atoms with Crippen LogP contribution in [0.4, 0.5) is 5.69 Å². The van der Waals surface area contributed by atoms with Gasteiger partial charge >= 0.3 is 0 Å². The third-order valence-corrected chi connectivity index (χ3v) is 2.75. The summed E-state index contributed by atoms with van der Waals surface area (Å²) < 4.78 is 0. The van der Waals surface area contributed by atoms with Crippen LogP contribution in [0.25, 0.3) is 0 Å². The number of hydrogen-bond donors (Lipinski definition) is 0. The molecule has 2 nitrogen and oxygen atoms in total. The second-order valence-corrected chi connectivity index (χ2v) is 3.87. The highest BCUT2D eigenvalue weighted by molar-refractivity contribution is 5.49. The van der Waals surface area contributed by atoms with Crippen molar-refractivity contribution in [1.29, 1.82) is 5.26 Å². The van der Waals surface area contributed by atoms with Crippen molar-refractivity contribution < 1.29 is 0 Å². The molecular formula is C13H14N2. The van der Waals surface area contributed by atoms with Crippen molar-refractivity contribution in [3.05, 3.63) is 41.5 Å². The number of nitrogens with zero attached hydrogens (tertiary/aromatic N) is 2. The van der Waals surface area contributed by atoms with E-state index >= 15 is 0 Å². The third-order valence-electron chi connectivity index (χ3n) is 2.75. The van der Waals surface area contributed by atoms with Gasteiger partial charge in [0.1, 0.15) is 0 Å². The molecule has 15 heavy (non-hydrogen) atoms. The van der Waals surface area contributed by atoms with Crippen LogP contribution >= 0.6 is 0 Å². The average molecular weight is 198 g/mol. The molecule has 1 aromatic rings. The van der Waals surface area contributed by atoms with E-state index in [9.17, 15) is 0 Å². The minimum atomic E-state index is 0.853. The van der Waals surface area contributed by atoms with Gasteiger partial charge in [0.2, 0.25) is 0 Å². The smallest absolute Gasteiger partial charge is 0.0945 e. The SMILES string of the molecule is Cc1ccc(N2CC=C(C#N)CC2)cc1. The Morgan fingerprint density at radius 3 is 2.53 bits per heavy atom. The molecule has 1 heterocycles.